The fourth-order valence-corrected chi connectivity index (χ4v) is 2.52. The first-order chi connectivity index (χ1) is 7.79. The van der Waals surface area contributed by atoms with Crippen LogP contribution in [0.5, 0.6) is 0 Å². The number of aliphatic hydroxyl groups excluding tert-OH is 1. The Labute approximate surface area is 97.9 Å². The van der Waals surface area contributed by atoms with E-state index in [1.807, 2.05) is 6.07 Å². The van der Waals surface area contributed by atoms with Crippen molar-refractivity contribution in [3.8, 4) is 0 Å². The van der Waals surface area contributed by atoms with Gasteiger partial charge in [-0.05, 0) is 24.3 Å². The molecule has 88 valence electrons. The third-order valence-electron chi connectivity index (χ3n) is 3.49. The minimum absolute atomic E-state index is 0.291. The average molecular weight is 219 g/mol. The Kier molecular flexibility index (Phi) is 3.97. The molecule has 2 rings (SSSR count). The number of hydrogen-bond acceptors (Lipinski definition) is 2. The van der Waals surface area contributed by atoms with E-state index in [-0.39, 0.29) is 0 Å². The number of nitrogens with zero attached hydrogens (tertiary/aromatic N) is 1. The normalized spacial score (nSPS) is 26.9. The van der Waals surface area contributed by atoms with Crippen molar-refractivity contribution >= 4 is 0 Å². The maximum Gasteiger partial charge on any atom is 0.0587 e. The van der Waals surface area contributed by atoms with Crippen molar-refractivity contribution < 1.29 is 5.11 Å². The summed E-state index contributed by atoms with van der Waals surface area (Å²) in [7, 11) is 0. The number of aliphatic hydroxyl groups is 1. The maximum absolute atomic E-state index is 9.38. The molecule has 1 aliphatic rings. The molecular weight excluding hydrogens is 198 g/mol. The van der Waals surface area contributed by atoms with Gasteiger partial charge < -0.3 is 5.11 Å². The summed E-state index contributed by atoms with van der Waals surface area (Å²) in [6.45, 7) is 4.67. The molecule has 1 aliphatic heterocycles. The Morgan fingerprint density at radius 2 is 2.00 bits per heavy atom. The number of hydrogen-bond donors (Lipinski definition) is 1. The summed E-state index contributed by atoms with van der Waals surface area (Å²) >= 11 is 0. The van der Waals surface area contributed by atoms with Crippen LogP contribution in [0.3, 0.4) is 0 Å². The van der Waals surface area contributed by atoms with Crippen molar-refractivity contribution in [2.45, 2.75) is 32.4 Å². The zero-order valence-corrected chi connectivity index (χ0v) is 9.97. The molecule has 1 N–H and O–H groups in total. The molecule has 1 aromatic carbocycles. The zero-order chi connectivity index (χ0) is 11.4. The van der Waals surface area contributed by atoms with Gasteiger partial charge in [0.05, 0.1) is 6.61 Å². The number of benzene rings is 1. The maximum atomic E-state index is 9.38. The van der Waals surface area contributed by atoms with E-state index >= 15 is 0 Å². The zero-order valence-electron chi connectivity index (χ0n) is 9.97. The van der Waals surface area contributed by atoms with Gasteiger partial charge in [0.25, 0.3) is 0 Å². The van der Waals surface area contributed by atoms with Gasteiger partial charge in [-0.25, -0.2) is 0 Å². The van der Waals surface area contributed by atoms with E-state index in [2.05, 4.69) is 36.1 Å². The molecular formula is C14H21NO. The molecule has 0 aliphatic carbocycles. The predicted molar refractivity (Wildman–Crippen MR) is 66.1 cm³/mol. The van der Waals surface area contributed by atoms with Gasteiger partial charge in [0.2, 0.25) is 0 Å². The van der Waals surface area contributed by atoms with Crippen LogP contribution in [0, 0.1) is 5.92 Å². The van der Waals surface area contributed by atoms with Crippen LogP contribution in [0.2, 0.25) is 0 Å². The summed E-state index contributed by atoms with van der Waals surface area (Å²) in [5.41, 5.74) is 1.34. The second-order valence-electron chi connectivity index (χ2n) is 4.93. The van der Waals surface area contributed by atoms with Crippen molar-refractivity contribution in [3.63, 3.8) is 0 Å². The van der Waals surface area contributed by atoms with Crippen LogP contribution in [0.4, 0.5) is 0 Å². The fourth-order valence-electron chi connectivity index (χ4n) is 2.52. The van der Waals surface area contributed by atoms with E-state index in [4.69, 9.17) is 0 Å². The second kappa shape index (κ2) is 5.46. The lowest BCUT2D eigenvalue weighted by Gasteiger charge is -2.37. The summed E-state index contributed by atoms with van der Waals surface area (Å²) in [4.78, 5) is 2.42. The van der Waals surface area contributed by atoms with Crippen molar-refractivity contribution in [1.82, 2.24) is 4.90 Å². The number of likely N-dealkylation sites (tertiary alicyclic amines) is 1. The highest BCUT2D eigenvalue weighted by molar-refractivity contribution is 5.14. The Morgan fingerprint density at radius 1 is 1.25 bits per heavy atom. The van der Waals surface area contributed by atoms with Crippen LogP contribution in [0.1, 0.15) is 25.3 Å². The van der Waals surface area contributed by atoms with Crippen LogP contribution >= 0.6 is 0 Å². The average Bonchev–Trinajstić information content (AvgIpc) is 2.31. The van der Waals surface area contributed by atoms with E-state index < -0.39 is 0 Å². The van der Waals surface area contributed by atoms with Gasteiger partial charge >= 0.3 is 0 Å². The van der Waals surface area contributed by atoms with Crippen molar-refractivity contribution in [3.05, 3.63) is 35.9 Å². The van der Waals surface area contributed by atoms with Gasteiger partial charge in [-0.2, -0.15) is 0 Å². The van der Waals surface area contributed by atoms with E-state index in [1.54, 1.807) is 0 Å². The molecule has 2 heteroatoms. The Morgan fingerprint density at radius 3 is 2.69 bits per heavy atom. The lowest BCUT2D eigenvalue weighted by Crippen LogP contribution is -2.44. The molecule has 0 saturated carbocycles. The number of piperidine rings is 1. The second-order valence-corrected chi connectivity index (χ2v) is 4.93. The first kappa shape index (κ1) is 11.6. The highest BCUT2D eigenvalue weighted by atomic mass is 16.3. The number of rotatable bonds is 3. The smallest absolute Gasteiger partial charge is 0.0587 e. The van der Waals surface area contributed by atoms with Gasteiger partial charge in [0.1, 0.15) is 0 Å². The van der Waals surface area contributed by atoms with E-state index in [9.17, 15) is 5.11 Å². The molecule has 1 saturated heterocycles. The highest BCUT2D eigenvalue weighted by Crippen LogP contribution is 2.23. The van der Waals surface area contributed by atoms with Crippen LogP contribution < -0.4 is 0 Å². The lowest BCUT2D eigenvalue weighted by molar-refractivity contribution is 0.0618. The molecule has 0 aromatic heterocycles. The predicted octanol–water partition coefficient (Wildman–Crippen LogP) is 2.28. The van der Waals surface area contributed by atoms with Gasteiger partial charge in [-0.3, -0.25) is 4.90 Å². The summed E-state index contributed by atoms with van der Waals surface area (Å²) in [5.74, 6) is 0.756. The first-order valence-corrected chi connectivity index (χ1v) is 6.18. The lowest BCUT2D eigenvalue weighted by atomic mass is 9.94. The molecule has 1 aromatic rings. The Hall–Kier alpha value is -0.860. The van der Waals surface area contributed by atoms with Crippen molar-refractivity contribution in [1.29, 1.82) is 0 Å². The fraction of sp³-hybridized carbons (Fsp3) is 0.571. The van der Waals surface area contributed by atoms with Crippen LogP contribution in [0.25, 0.3) is 0 Å². The molecule has 0 amide bonds. The minimum Gasteiger partial charge on any atom is -0.395 e. The summed E-state index contributed by atoms with van der Waals surface area (Å²) < 4.78 is 0. The molecule has 2 nitrogen and oxygen atoms in total. The van der Waals surface area contributed by atoms with Gasteiger partial charge in [0.15, 0.2) is 0 Å². The summed E-state index contributed by atoms with van der Waals surface area (Å²) in [5, 5.41) is 9.38. The summed E-state index contributed by atoms with van der Waals surface area (Å²) in [6, 6.07) is 10.9. The van der Waals surface area contributed by atoms with Crippen LogP contribution in [0.15, 0.2) is 30.3 Å². The molecule has 1 heterocycles. The summed E-state index contributed by atoms with van der Waals surface area (Å²) in [6.07, 6.45) is 2.38. The van der Waals surface area contributed by atoms with Crippen molar-refractivity contribution in [2.75, 3.05) is 13.2 Å². The van der Waals surface area contributed by atoms with Crippen molar-refractivity contribution in [2.24, 2.45) is 5.92 Å². The van der Waals surface area contributed by atoms with Gasteiger partial charge in [0, 0.05) is 19.1 Å². The standard InChI is InChI=1S/C14H21NO/c1-12-7-8-14(11-16)15(9-12)10-13-5-3-2-4-6-13/h2-6,12,14,16H,7-11H2,1H3/t12-,14+/m1/s1. The largest absolute Gasteiger partial charge is 0.395 e. The third kappa shape index (κ3) is 2.83. The topological polar surface area (TPSA) is 23.5 Å². The molecule has 1 fully saturated rings. The van der Waals surface area contributed by atoms with Gasteiger partial charge in [-0.15, -0.1) is 0 Å². The molecule has 0 spiro atoms. The van der Waals surface area contributed by atoms with Crippen LogP contribution in [-0.4, -0.2) is 29.2 Å². The quantitative estimate of drug-likeness (QED) is 0.843. The Bertz CT molecular complexity index is 312. The molecule has 2 atom stereocenters. The molecule has 0 radical (unpaired) electrons. The monoisotopic (exact) mass is 219 g/mol. The van der Waals surface area contributed by atoms with Crippen LogP contribution in [-0.2, 0) is 6.54 Å². The highest BCUT2D eigenvalue weighted by Gasteiger charge is 2.25. The minimum atomic E-state index is 0.291. The van der Waals surface area contributed by atoms with E-state index in [0.717, 1.165) is 25.4 Å². The first-order valence-electron chi connectivity index (χ1n) is 6.18. The van der Waals surface area contributed by atoms with E-state index in [1.165, 1.54) is 12.0 Å². The molecule has 0 bridgehead atoms. The van der Waals surface area contributed by atoms with E-state index in [0.29, 0.717) is 12.6 Å². The molecule has 16 heavy (non-hydrogen) atoms. The third-order valence-corrected chi connectivity index (χ3v) is 3.49. The molecule has 0 unspecified atom stereocenters. The SMILES string of the molecule is C[C@@H]1CC[C@@H](CO)N(Cc2ccccc2)C1. The van der Waals surface area contributed by atoms with Gasteiger partial charge in [-0.1, -0.05) is 37.3 Å². The Balaban J connectivity index is 2.01.